The number of carbonyl (C=O) groups is 1. The Balaban J connectivity index is 0.720. The second kappa shape index (κ2) is 29.0. The Labute approximate surface area is 378 Å². The molecule has 20 heteroatoms. The lowest BCUT2D eigenvalue weighted by atomic mass is 9.97. The summed E-state index contributed by atoms with van der Waals surface area (Å²) in [5.74, 6) is 0.444. The Morgan fingerprint density at radius 2 is 1.22 bits per heavy atom. The molecule has 5 heterocycles. The van der Waals surface area contributed by atoms with Crippen LogP contribution in [-0.2, 0) is 71.7 Å². The lowest BCUT2D eigenvalue weighted by Gasteiger charge is -2.29. The average molecular weight is 909 g/mol. The predicted octanol–water partition coefficient (Wildman–Crippen LogP) is 2.43. The number of nitrogens with zero attached hydrogens (tertiary/aromatic N) is 6. The van der Waals surface area contributed by atoms with Gasteiger partial charge in [0.2, 0.25) is 5.91 Å². The molecule has 1 amide bonds. The highest BCUT2D eigenvalue weighted by molar-refractivity contribution is 5.99. The van der Waals surface area contributed by atoms with Crippen molar-refractivity contribution in [3.8, 4) is 11.3 Å². The minimum absolute atomic E-state index is 0.0170. The van der Waals surface area contributed by atoms with E-state index in [9.17, 15) is 4.79 Å². The van der Waals surface area contributed by atoms with Gasteiger partial charge in [-0.2, -0.15) is 5.10 Å². The smallest absolute Gasteiger partial charge is 0.225 e. The van der Waals surface area contributed by atoms with Crippen molar-refractivity contribution in [1.29, 1.82) is 0 Å². The molecule has 0 fully saturated rings. The van der Waals surface area contributed by atoms with Gasteiger partial charge in [0.05, 0.1) is 157 Å². The summed E-state index contributed by atoms with van der Waals surface area (Å²) in [6, 6.07) is 10.4. The van der Waals surface area contributed by atoms with Gasteiger partial charge >= 0.3 is 0 Å². The van der Waals surface area contributed by atoms with Crippen LogP contribution in [0.5, 0.6) is 0 Å². The summed E-state index contributed by atoms with van der Waals surface area (Å²) in [7, 11) is 0. The number of amides is 1. The number of fused-ring (bicyclic) bond motifs is 3. The molecule has 1 aromatic carbocycles. The number of rotatable bonds is 35. The first-order valence-electron chi connectivity index (χ1n) is 22.3. The number of nitrogens with two attached hydrogens (primary N) is 1. The highest BCUT2D eigenvalue weighted by atomic mass is 16.6. The summed E-state index contributed by atoms with van der Waals surface area (Å²) in [6.07, 6.45) is 6.19. The third-order valence-corrected chi connectivity index (χ3v) is 10.2. The van der Waals surface area contributed by atoms with Crippen LogP contribution < -0.4 is 5.73 Å². The number of nitrogen functional groups attached to an aromatic ring is 1. The van der Waals surface area contributed by atoms with E-state index in [-0.39, 0.29) is 12.5 Å². The monoisotopic (exact) mass is 908 g/mol. The summed E-state index contributed by atoms with van der Waals surface area (Å²) in [6.45, 7) is 10.9. The molecule has 1 aliphatic rings. The van der Waals surface area contributed by atoms with Gasteiger partial charge < -0.3 is 68.1 Å². The zero-order valence-electron chi connectivity index (χ0n) is 37.2. The fourth-order valence-electron chi connectivity index (χ4n) is 6.97. The van der Waals surface area contributed by atoms with Crippen molar-refractivity contribution in [2.75, 3.05) is 151 Å². The van der Waals surface area contributed by atoms with Gasteiger partial charge in [-0.25, -0.2) is 19.6 Å². The molecule has 0 saturated heterocycles. The number of hydrogen-bond donors (Lipinski definition) is 3. The van der Waals surface area contributed by atoms with Gasteiger partial charge in [0.15, 0.2) is 5.65 Å². The standard InChI is InChI=1S/C45H64N8O12/c46-43-41-42(39-30-37-3-6-47-44(37)48-31-39)51-53(45(41)50-34-49-43)32-35-1-2-38-33-52(7-4-36(38)29-35)40(55)5-9-56-11-13-58-15-17-60-19-21-62-23-25-64-27-28-65-26-24-63-22-20-61-18-16-59-14-12-57-10-8-54/h1-3,6,29-31,34,54H,4-5,7-28,32-33H2,(H,47,48)(H2,46,49,50). The quantitative estimate of drug-likeness (QED) is 0.0496. The maximum atomic E-state index is 13.0. The zero-order valence-corrected chi connectivity index (χ0v) is 37.2. The van der Waals surface area contributed by atoms with E-state index in [1.54, 1.807) is 6.20 Å². The molecule has 0 unspecified atom stereocenters. The first-order valence-corrected chi connectivity index (χ1v) is 22.3. The van der Waals surface area contributed by atoms with Crippen molar-refractivity contribution in [2.24, 2.45) is 0 Å². The van der Waals surface area contributed by atoms with E-state index >= 15 is 0 Å². The molecule has 0 spiro atoms. The number of carbonyl (C=O) groups excluding carboxylic acids is 1. The van der Waals surface area contributed by atoms with Gasteiger partial charge in [-0.3, -0.25) is 4.79 Å². The molecule has 0 saturated carbocycles. The number of aromatic amines is 1. The van der Waals surface area contributed by atoms with Crippen molar-refractivity contribution < 1.29 is 57.3 Å². The number of anilines is 1. The van der Waals surface area contributed by atoms with Gasteiger partial charge in [0, 0.05) is 36.4 Å². The number of benzene rings is 1. The first-order chi connectivity index (χ1) is 32.1. The molecule has 0 bridgehead atoms. The van der Waals surface area contributed by atoms with Crippen LogP contribution in [0.1, 0.15) is 23.1 Å². The molecule has 0 aliphatic carbocycles. The van der Waals surface area contributed by atoms with E-state index in [1.807, 2.05) is 27.9 Å². The third-order valence-electron chi connectivity index (χ3n) is 10.2. The van der Waals surface area contributed by atoms with Crippen molar-refractivity contribution in [3.63, 3.8) is 0 Å². The molecule has 5 aromatic rings. The molecular formula is C45H64N8O12. The van der Waals surface area contributed by atoms with Crippen LogP contribution in [0, 0.1) is 0 Å². The molecule has 4 aromatic heterocycles. The number of pyridine rings is 1. The normalized spacial score (nSPS) is 12.8. The highest BCUT2D eigenvalue weighted by Gasteiger charge is 2.22. The van der Waals surface area contributed by atoms with Crippen molar-refractivity contribution in [3.05, 3.63) is 65.7 Å². The van der Waals surface area contributed by atoms with Crippen LogP contribution in [0.2, 0.25) is 0 Å². The summed E-state index contributed by atoms with van der Waals surface area (Å²) >= 11 is 0. The van der Waals surface area contributed by atoms with E-state index in [0.717, 1.165) is 34.1 Å². The van der Waals surface area contributed by atoms with Gasteiger partial charge in [-0.15, -0.1) is 0 Å². The van der Waals surface area contributed by atoms with Crippen LogP contribution in [0.25, 0.3) is 33.3 Å². The SMILES string of the molecule is Nc1ncnc2c1c(-c1cnc3[nH]ccc3c1)nn2Cc1ccc2c(c1)CCN(C(=O)CCOCCOCCOCCOCCOCCOCCOCCOCCOCCOCCO)C2. The second-order valence-corrected chi connectivity index (χ2v) is 14.9. The fourth-order valence-corrected chi connectivity index (χ4v) is 6.97. The fraction of sp³-hybridized carbons (Fsp3) is 0.578. The number of aromatic nitrogens is 6. The summed E-state index contributed by atoms with van der Waals surface area (Å²) < 4.78 is 56.5. The number of aliphatic hydroxyl groups excluding tert-OH is 1. The van der Waals surface area contributed by atoms with Crippen LogP contribution in [0.3, 0.4) is 0 Å². The van der Waals surface area contributed by atoms with E-state index in [0.29, 0.717) is 181 Å². The Bertz CT molecular complexity index is 2120. The van der Waals surface area contributed by atoms with E-state index in [2.05, 4.69) is 38.1 Å². The Morgan fingerprint density at radius 3 is 1.78 bits per heavy atom. The summed E-state index contributed by atoms with van der Waals surface area (Å²) in [5.41, 5.74) is 12.8. The molecule has 6 rings (SSSR count). The van der Waals surface area contributed by atoms with Gasteiger partial charge in [0.1, 0.15) is 23.5 Å². The van der Waals surface area contributed by atoms with Crippen LogP contribution >= 0.6 is 0 Å². The van der Waals surface area contributed by atoms with Crippen LogP contribution in [0.4, 0.5) is 5.82 Å². The summed E-state index contributed by atoms with van der Waals surface area (Å²) in [4.78, 5) is 31.4. The molecule has 0 radical (unpaired) electrons. The van der Waals surface area contributed by atoms with Crippen molar-refractivity contribution >= 4 is 33.8 Å². The molecule has 1 aliphatic heterocycles. The second-order valence-electron chi connectivity index (χ2n) is 14.9. The average Bonchev–Trinajstić information content (AvgIpc) is 3.95. The molecule has 65 heavy (non-hydrogen) atoms. The topological polar surface area (TPSA) is 231 Å². The van der Waals surface area contributed by atoms with E-state index in [4.69, 9.17) is 63.3 Å². The van der Waals surface area contributed by atoms with E-state index in [1.165, 1.54) is 11.9 Å². The number of ether oxygens (including phenoxy) is 10. The molecule has 0 atom stereocenters. The van der Waals surface area contributed by atoms with Crippen molar-refractivity contribution in [1.82, 2.24) is 34.6 Å². The van der Waals surface area contributed by atoms with Gasteiger partial charge in [-0.1, -0.05) is 18.2 Å². The minimum atomic E-state index is 0.0170. The number of aliphatic hydroxyl groups is 1. The maximum Gasteiger partial charge on any atom is 0.225 e. The van der Waals surface area contributed by atoms with E-state index < -0.39 is 0 Å². The Hall–Kier alpha value is -4.71. The number of nitrogens with one attached hydrogen (secondary N) is 1. The largest absolute Gasteiger partial charge is 0.394 e. The predicted molar refractivity (Wildman–Crippen MR) is 239 cm³/mol. The maximum absolute atomic E-state index is 13.0. The molecule has 356 valence electrons. The first kappa shape index (κ1) is 49.7. The Morgan fingerprint density at radius 1 is 0.662 bits per heavy atom. The lowest BCUT2D eigenvalue weighted by molar-refractivity contribution is -0.133. The third kappa shape index (κ3) is 16.9. The zero-order chi connectivity index (χ0) is 45.2. The Kier molecular flexibility index (Phi) is 22.2. The number of H-pyrrole nitrogens is 1. The van der Waals surface area contributed by atoms with Gasteiger partial charge in [0.25, 0.3) is 0 Å². The highest BCUT2D eigenvalue weighted by Crippen LogP contribution is 2.32. The summed E-state index contributed by atoms with van der Waals surface area (Å²) in [5, 5.41) is 15.2. The lowest BCUT2D eigenvalue weighted by Crippen LogP contribution is -2.36. The van der Waals surface area contributed by atoms with Crippen LogP contribution in [-0.4, -0.2) is 191 Å². The van der Waals surface area contributed by atoms with Gasteiger partial charge in [-0.05, 0) is 35.2 Å². The molecule has 20 nitrogen and oxygen atoms in total. The molecule has 4 N–H and O–H groups in total. The number of hydrogen-bond acceptors (Lipinski definition) is 17. The van der Waals surface area contributed by atoms with Crippen LogP contribution in [0.15, 0.2) is 49.1 Å². The minimum Gasteiger partial charge on any atom is -0.394 e. The van der Waals surface area contributed by atoms with Crippen molar-refractivity contribution in [2.45, 2.75) is 25.9 Å². The molecular weight excluding hydrogens is 845 g/mol.